The van der Waals surface area contributed by atoms with Gasteiger partial charge in [-0.1, -0.05) is 29.8 Å². The van der Waals surface area contributed by atoms with Gasteiger partial charge in [-0.25, -0.2) is 0 Å². The largest absolute Gasteiger partial charge is 0.348 e. The zero-order valence-corrected chi connectivity index (χ0v) is 10.1. The van der Waals surface area contributed by atoms with Crippen LogP contribution in [0, 0.1) is 6.92 Å². The van der Waals surface area contributed by atoms with Gasteiger partial charge in [0.2, 0.25) is 0 Å². The first-order chi connectivity index (χ1) is 8.66. The van der Waals surface area contributed by atoms with E-state index in [0.717, 1.165) is 5.56 Å². The van der Waals surface area contributed by atoms with E-state index in [-0.39, 0.29) is 17.0 Å². The maximum atomic E-state index is 11.8. The van der Waals surface area contributed by atoms with Crippen LogP contribution in [0.25, 0.3) is 0 Å². The second-order valence-corrected chi connectivity index (χ2v) is 4.08. The number of rotatable bonds is 3. The highest BCUT2D eigenvalue weighted by Crippen LogP contribution is 2.02. The number of aryl methyl sites for hydroxylation is 1. The first-order valence-corrected chi connectivity index (χ1v) is 5.68. The molecule has 2 aromatic rings. The highest BCUT2D eigenvalue weighted by atomic mass is 16.2. The lowest BCUT2D eigenvalue weighted by Crippen LogP contribution is -2.28. The highest BCUT2D eigenvalue weighted by Gasteiger charge is 2.08. The molecule has 92 valence electrons. The van der Waals surface area contributed by atoms with Crippen molar-refractivity contribution in [3.63, 3.8) is 0 Å². The van der Waals surface area contributed by atoms with Gasteiger partial charge in [-0.15, -0.1) is 0 Å². The predicted molar refractivity (Wildman–Crippen MR) is 69.4 cm³/mol. The third-order valence-corrected chi connectivity index (χ3v) is 2.64. The summed E-state index contributed by atoms with van der Waals surface area (Å²) in [6.07, 6.45) is 1.50. The van der Waals surface area contributed by atoms with E-state index >= 15 is 0 Å². The molecule has 0 spiro atoms. The maximum absolute atomic E-state index is 11.8. The maximum Gasteiger partial charge on any atom is 0.260 e. The van der Waals surface area contributed by atoms with Gasteiger partial charge in [0.05, 0.1) is 0 Å². The first-order valence-electron chi connectivity index (χ1n) is 5.68. The summed E-state index contributed by atoms with van der Waals surface area (Å²) < 4.78 is 0. The summed E-state index contributed by atoms with van der Waals surface area (Å²) >= 11 is 0. The lowest BCUT2D eigenvalue weighted by molar-refractivity contribution is 0.0949. The van der Waals surface area contributed by atoms with Crippen molar-refractivity contribution in [1.82, 2.24) is 10.3 Å². The summed E-state index contributed by atoms with van der Waals surface area (Å²) in [5.41, 5.74) is 1.93. The van der Waals surface area contributed by atoms with Crippen molar-refractivity contribution in [3.8, 4) is 0 Å². The Kier molecular flexibility index (Phi) is 3.57. The molecule has 1 aromatic carbocycles. The number of hydrogen-bond donors (Lipinski definition) is 2. The van der Waals surface area contributed by atoms with Crippen molar-refractivity contribution >= 4 is 5.91 Å². The summed E-state index contributed by atoms with van der Waals surface area (Å²) in [7, 11) is 0. The van der Waals surface area contributed by atoms with Gasteiger partial charge in [-0.05, 0) is 24.6 Å². The number of aromatic amines is 1. The Bertz CT molecular complexity index is 600. The summed E-state index contributed by atoms with van der Waals surface area (Å²) in [5, 5.41) is 2.72. The second-order valence-electron chi connectivity index (χ2n) is 4.08. The van der Waals surface area contributed by atoms with E-state index in [0.29, 0.717) is 6.54 Å². The zero-order valence-electron chi connectivity index (χ0n) is 10.1. The lowest BCUT2D eigenvalue weighted by Gasteiger charge is -2.05. The Hall–Kier alpha value is -2.36. The molecule has 0 aliphatic carbocycles. The van der Waals surface area contributed by atoms with E-state index in [1.165, 1.54) is 17.8 Å². The van der Waals surface area contributed by atoms with Gasteiger partial charge in [0, 0.05) is 12.7 Å². The monoisotopic (exact) mass is 242 g/mol. The molecular formula is C14H14N2O2. The van der Waals surface area contributed by atoms with Gasteiger partial charge >= 0.3 is 0 Å². The van der Waals surface area contributed by atoms with E-state index in [1.54, 1.807) is 6.07 Å². The van der Waals surface area contributed by atoms with Crippen molar-refractivity contribution in [2.75, 3.05) is 0 Å². The molecule has 4 nitrogen and oxygen atoms in total. The van der Waals surface area contributed by atoms with Crippen LogP contribution in [-0.2, 0) is 6.54 Å². The Balaban J connectivity index is 2.03. The number of pyridine rings is 1. The molecule has 4 heteroatoms. The number of carbonyl (C=O) groups is 1. The number of amides is 1. The molecule has 0 aliphatic heterocycles. The Morgan fingerprint density at radius 1 is 1.22 bits per heavy atom. The summed E-state index contributed by atoms with van der Waals surface area (Å²) in [6, 6.07) is 11.0. The fraction of sp³-hybridized carbons (Fsp3) is 0.143. The van der Waals surface area contributed by atoms with Crippen LogP contribution < -0.4 is 10.9 Å². The molecule has 0 unspecified atom stereocenters. The minimum Gasteiger partial charge on any atom is -0.348 e. The smallest absolute Gasteiger partial charge is 0.260 e. The van der Waals surface area contributed by atoms with Crippen molar-refractivity contribution < 1.29 is 4.79 Å². The van der Waals surface area contributed by atoms with Gasteiger partial charge < -0.3 is 10.3 Å². The van der Waals surface area contributed by atoms with Gasteiger partial charge in [-0.3, -0.25) is 9.59 Å². The molecule has 1 aromatic heterocycles. The van der Waals surface area contributed by atoms with Crippen molar-refractivity contribution in [1.29, 1.82) is 0 Å². The Labute approximate surface area is 105 Å². The van der Waals surface area contributed by atoms with E-state index in [2.05, 4.69) is 10.3 Å². The van der Waals surface area contributed by atoms with Gasteiger partial charge in [0.1, 0.15) is 5.56 Å². The van der Waals surface area contributed by atoms with Crippen LogP contribution in [0.3, 0.4) is 0 Å². The topological polar surface area (TPSA) is 62.0 Å². The number of benzene rings is 1. The third-order valence-electron chi connectivity index (χ3n) is 2.64. The van der Waals surface area contributed by atoms with Gasteiger partial charge in [0.25, 0.3) is 11.5 Å². The molecular weight excluding hydrogens is 228 g/mol. The van der Waals surface area contributed by atoms with Crippen LogP contribution in [0.1, 0.15) is 21.5 Å². The molecule has 0 fully saturated rings. The summed E-state index contributed by atoms with van der Waals surface area (Å²) in [6.45, 7) is 2.42. The standard InChI is InChI=1S/C14H14N2O2/c1-10-4-6-11(7-5-10)9-16-14(18)12-3-2-8-15-13(12)17/h2-8H,9H2,1H3,(H,15,17)(H,16,18). The number of H-pyrrole nitrogens is 1. The molecule has 0 saturated carbocycles. The van der Waals surface area contributed by atoms with E-state index < -0.39 is 0 Å². The van der Waals surface area contributed by atoms with Gasteiger partial charge in [-0.2, -0.15) is 0 Å². The van der Waals surface area contributed by atoms with Crippen molar-refractivity contribution in [2.24, 2.45) is 0 Å². The van der Waals surface area contributed by atoms with E-state index in [9.17, 15) is 9.59 Å². The number of carbonyl (C=O) groups excluding carboxylic acids is 1. The molecule has 0 bridgehead atoms. The SMILES string of the molecule is Cc1ccc(CNC(=O)c2ccc[nH]c2=O)cc1. The average Bonchev–Trinajstić information content (AvgIpc) is 2.38. The molecule has 18 heavy (non-hydrogen) atoms. The Morgan fingerprint density at radius 3 is 2.61 bits per heavy atom. The normalized spacial score (nSPS) is 10.1. The van der Waals surface area contributed by atoms with Crippen LogP contribution in [0.15, 0.2) is 47.4 Å². The van der Waals surface area contributed by atoms with E-state index in [1.807, 2.05) is 31.2 Å². The van der Waals surface area contributed by atoms with E-state index in [4.69, 9.17) is 0 Å². The number of nitrogens with one attached hydrogen (secondary N) is 2. The molecule has 0 saturated heterocycles. The number of aromatic nitrogens is 1. The van der Waals surface area contributed by atoms with Crippen LogP contribution >= 0.6 is 0 Å². The highest BCUT2D eigenvalue weighted by molar-refractivity contribution is 5.93. The summed E-state index contributed by atoms with van der Waals surface area (Å²) in [5.74, 6) is -0.363. The minimum absolute atomic E-state index is 0.129. The number of hydrogen-bond acceptors (Lipinski definition) is 2. The zero-order chi connectivity index (χ0) is 13.0. The third kappa shape index (κ3) is 2.85. The van der Waals surface area contributed by atoms with Crippen LogP contribution in [0.5, 0.6) is 0 Å². The van der Waals surface area contributed by atoms with Crippen molar-refractivity contribution in [3.05, 3.63) is 69.6 Å². The molecule has 0 atom stereocenters. The molecule has 2 rings (SSSR count). The lowest BCUT2D eigenvalue weighted by atomic mass is 10.1. The molecule has 1 heterocycles. The quantitative estimate of drug-likeness (QED) is 0.859. The molecule has 0 aliphatic rings. The fourth-order valence-corrected chi connectivity index (χ4v) is 1.58. The predicted octanol–water partition coefficient (Wildman–Crippen LogP) is 1.61. The molecule has 1 amide bonds. The van der Waals surface area contributed by atoms with Crippen LogP contribution in [0.2, 0.25) is 0 Å². The molecule has 0 radical (unpaired) electrons. The van der Waals surface area contributed by atoms with Crippen LogP contribution in [0.4, 0.5) is 0 Å². The summed E-state index contributed by atoms with van der Waals surface area (Å²) in [4.78, 5) is 25.6. The second kappa shape index (κ2) is 5.31. The average molecular weight is 242 g/mol. The van der Waals surface area contributed by atoms with Crippen molar-refractivity contribution in [2.45, 2.75) is 13.5 Å². The minimum atomic E-state index is -0.376. The Morgan fingerprint density at radius 2 is 1.94 bits per heavy atom. The molecule has 2 N–H and O–H groups in total. The fourth-order valence-electron chi connectivity index (χ4n) is 1.58. The van der Waals surface area contributed by atoms with Crippen LogP contribution in [-0.4, -0.2) is 10.9 Å². The van der Waals surface area contributed by atoms with Gasteiger partial charge in [0.15, 0.2) is 0 Å². The first kappa shape index (κ1) is 12.1.